The summed E-state index contributed by atoms with van der Waals surface area (Å²) in [7, 11) is 0. The van der Waals surface area contributed by atoms with E-state index in [1.807, 2.05) is 36.4 Å². The number of anilines is 2. The number of nitrogens with one attached hydrogen (secondary N) is 1. The molecule has 5 aromatic rings. The molecule has 2 aromatic carbocycles. The van der Waals surface area contributed by atoms with Gasteiger partial charge < -0.3 is 15.8 Å². The van der Waals surface area contributed by atoms with E-state index < -0.39 is 11.7 Å². The number of rotatable bonds is 7. The van der Waals surface area contributed by atoms with Gasteiger partial charge in [-0.2, -0.15) is 0 Å². The van der Waals surface area contributed by atoms with Gasteiger partial charge in [0, 0.05) is 41.6 Å². The molecule has 1 amide bonds. The van der Waals surface area contributed by atoms with Gasteiger partial charge in [-0.3, -0.25) is 14.2 Å². The Balaban J connectivity index is 1.36. The molecule has 0 aliphatic heterocycles. The number of ether oxygens (including phenoxy) is 1. The minimum Gasteiger partial charge on any atom is -0.489 e. The van der Waals surface area contributed by atoms with Crippen molar-refractivity contribution in [3.63, 3.8) is 0 Å². The lowest BCUT2D eigenvalue weighted by Gasteiger charge is -2.12. The van der Waals surface area contributed by atoms with Crippen LogP contribution in [-0.4, -0.2) is 25.3 Å². The third-order valence-corrected chi connectivity index (χ3v) is 5.20. The Morgan fingerprint density at radius 2 is 1.91 bits per heavy atom. The first-order valence-electron chi connectivity index (χ1n) is 10.4. The smallest absolute Gasteiger partial charge is 0.251 e. The quantitative estimate of drug-likeness (QED) is 0.379. The lowest BCUT2D eigenvalue weighted by Crippen LogP contribution is -2.13. The van der Waals surface area contributed by atoms with Gasteiger partial charge in [-0.25, -0.2) is 14.4 Å². The molecule has 0 aliphatic rings. The fraction of sp³-hybridized carbons (Fsp3) is 0.0400. The molecule has 5 rings (SSSR count). The van der Waals surface area contributed by atoms with Crippen molar-refractivity contribution in [2.45, 2.75) is 6.61 Å². The second-order valence-corrected chi connectivity index (χ2v) is 7.47. The number of nitrogens with two attached hydrogens (primary N) is 1. The predicted molar refractivity (Wildman–Crippen MR) is 125 cm³/mol. The van der Waals surface area contributed by atoms with E-state index in [0.717, 1.165) is 17.0 Å². The van der Waals surface area contributed by atoms with E-state index in [0.29, 0.717) is 29.3 Å². The molecular weight excluding hydrogens is 435 g/mol. The van der Waals surface area contributed by atoms with Crippen molar-refractivity contribution in [2.75, 3.05) is 5.32 Å². The molecule has 0 unspecified atom stereocenters. The van der Waals surface area contributed by atoms with Gasteiger partial charge in [-0.15, -0.1) is 0 Å². The fourth-order valence-electron chi connectivity index (χ4n) is 3.52. The van der Waals surface area contributed by atoms with Gasteiger partial charge in [0.25, 0.3) is 5.91 Å². The van der Waals surface area contributed by atoms with E-state index in [1.165, 1.54) is 12.1 Å². The lowest BCUT2D eigenvalue weighted by molar-refractivity contribution is 0.0996. The van der Waals surface area contributed by atoms with Crippen molar-refractivity contribution in [3.05, 3.63) is 103 Å². The van der Waals surface area contributed by atoms with Gasteiger partial charge >= 0.3 is 0 Å². The maximum absolute atomic E-state index is 14.3. The van der Waals surface area contributed by atoms with Crippen LogP contribution in [0.25, 0.3) is 16.9 Å². The number of primary amides is 1. The van der Waals surface area contributed by atoms with Crippen LogP contribution in [0.4, 0.5) is 15.9 Å². The number of hydrogen-bond donors (Lipinski definition) is 2. The van der Waals surface area contributed by atoms with E-state index in [2.05, 4.69) is 20.3 Å². The zero-order chi connectivity index (χ0) is 23.5. The summed E-state index contributed by atoms with van der Waals surface area (Å²) >= 11 is 0. The van der Waals surface area contributed by atoms with Crippen molar-refractivity contribution in [3.8, 4) is 17.0 Å². The molecule has 0 spiro atoms. The van der Waals surface area contributed by atoms with Crippen molar-refractivity contribution in [1.29, 1.82) is 0 Å². The third kappa shape index (κ3) is 4.26. The molecular formula is C25H19FN6O2. The highest BCUT2D eigenvalue weighted by molar-refractivity contribution is 5.93. The van der Waals surface area contributed by atoms with Gasteiger partial charge in [0.1, 0.15) is 18.2 Å². The Hall–Kier alpha value is -4.79. The highest BCUT2D eigenvalue weighted by atomic mass is 19.1. The summed E-state index contributed by atoms with van der Waals surface area (Å²) in [4.78, 5) is 24.3. The van der Waals surface area contributed by atoms with Crippen LogP contribution in [0.2, 0.25) is 0 Å². The van der Waals surface area contributed by atoms with E-state index >= 15 is 0 Å². The average Bonchev–Trinajstić information content (AvgIpc) is 3.35. The molecule has 3 aromatic heterocycles. The standard InChI is InChI=1S/C25H19FN6O2/c26-21-12-17(3-8-20(21)23(27)33)22-14-30-24(25-29-10-11-32(22)25)31-18-4-6-19(7-5-18)34-15-16-2-1-9-28-13-16/h1-14H,15H2,(H2,27,33)(H,30,31). The number of carbonyl (C=O) groups is 1. The van der Waals surface area contributed by atoms with Crippen LogP contribution in [0, 0.1) is 5.82 Å². The first-order chi connectivity index (χ1) is 16.6. The number of hydrogen-bond acceptors (Lipinski definition) is 6. The molecule has 9 heteroatoms. The first kappa shape index (κ1) is 21.1. The minimum atomic E-state index is -0.817. The summed E-state index contributed by atoms with van der Waals surface area (Å²) in [5, 5.41) is 3.25. The van der Waals surface area contributed by atoms with Crippen molar-refractivity contribution in [1.82, 2.24) is 19.4 Å². The van der Waals surface area contributed by atoms with Crippen LogP contribution in [0.5, 0.6) is 5.75 Å². The molecule has 0 saturated carbocycles. The summed E-state index contributed by atoms with van der Waals surface area (Å²) in [6.45, 7) is 0.430. The van der Waals surface area contributed by atoms with Gasteiger partial charge in [0.05, 0.1) is 17.5 Å². The number of fused-ring (bicyclic) bond motifs is 1. The Bertz CT molecular complexity index is 1470. The molecule has 0 radical (unpaired) electrons. The van der Waals surface area contributed by atoms with Crippen LogP contribution >= 0.6 is 0 Å². The Morgan fingerprint density at radius 1 is 1.06 bits per heavy atom. The van der Waals surface area contributed by atoms with Gasteiger partial charge in [0.2, 0.25) is 0 Å². The normalized spacial score (nSPS) is 10.9. The number of benzene rings is 2. The largest absolute Gasteiger partial charge is 0.489 e. The number of aromatic nitrogens is 4. The van der Waals surface area contributed by atoms with Crippen LogP contribution in [-0.2, 0) is 6.61 Å². The van der Waals surface area contributed by atoms with E-state index in [9.17, 15) is 9.18 Å². The summed E-state index contributed by atoms with van der Waals surface area (Å²) in [5.41, 5.74) is 8.55. The summed E-state index contributed by atoms with van der Waals surface area (Å²) in [5.74, 6) is -0.244. The Kier molecular flexibility index (Phi) is 5.57. The molecule has 3 N–H and O–H groups in total. The molecule has 0 fully saturated rings. The van der Waals surface area contributed by atoms with Crippen LogP contribution in [0.3, 0.4) is 0 Å². The highest BCUT2D eigenvalue weighted by Crippen LogP contribution is 2.27. The topological polar surface area (TPSA) is 107 Å². The van der Waals surface area contributed by atoms with Crippen LogP contribution < -0.4 is 15.8 Å². The molecule has 0 saturated heterocycles. The van der Waals surface area contributed by atoms with Gasteiger partial charge in [-0.05, 0) is 42.5 Å². The van der Waals surface area contributed by atoms with E-state index in [1.54, 1.807) is 41.5 Å². The third-order valence-electron chi connectivity index (χ3n) is 5.20. The fourth-order valence-corrected chi connectivity index (χ4v) is 3.52. The van der Waals surface area contributed by atoms with Crippen LogP contribution in [0.1, 0.15) is 15.9 Å². The Morgan fingerprint density at radius 3 is 2.65 bits per heavy atom. The summed E-state index contributed by atoms with van der Waals surface area (Å²) < 4.78 is 21.9. The SMILES string of the molecule is NC(=O)c1ccc(-c2cnc(Nc3ccc(OCc4cccnc4)cc3)c3nccn23)cc1F. The molecule has 3 heterocycles. The second kappa shape index (κ2) is 8.99. The minimum absolute atomic E-state index is 0.162. The zero-order valence-corrected chi connectivity index (χ0v) is 17.9. The number of halogens is 1. The van der Waals surface area contributed by atoms with E-state index in [-0.39, 0.29) is 5.56 Å². The molecule has 168 valence electrons. The molecule has 0 atom stereocenters. The second-order valence-electron chi connectivity index (χ2n) is 7.47. The average molecular weight is 454 g/mol. The predicted octanol–water partition coefficient (Wildman–Crippen LogP) is 4.35. The monoisotopic (exact) mass is 454 g/mol. The summed E-state index contributed by atoms with van der Waals surface area (Å²) in [6, 6.07) is 15.5. The first-order valence-corrected chi connectivity index (χ1v) is 10.4. The lowest BCUT2D eigenvalue weighted by atomic mass is 10.1. The van der Waals surface area contributed by atoms with Gasteiger partial charge in [-0.1, -0.05) is 12.1 Å². The Labute approximate surface area is 193 Å². The summed E-state index contributed by atoms with van der Waals surface area (Å²) in [6.07, 6.45) is 8.49. The number of pyridine rings is 1. The molecule has 34 heavy (non-hydrogen) atoms. The highest BCUT2D eigenvalue weighted by Gasteiger charge is 2.14. The van der Waals surface area contributed by atoms with E-state index in [4.69, 9.17) is 10.5 Å². The molecule has 8 nitrogen and oxygen atoms in total. The van der Waals surface area contributed by atoms with Crippen molar-refractivity contribution in [2.24, 2.45) is 5.73 Å². The van der Waals surface area contributed by atoms with Crippen molar-refractivity contribution >= 4 is 23.1 Å². The molecule has 0 bridgehead atoms. The maximum Gasteiger partial charge on any atom is 0.251 e. The number of nitrogens with zero attached hydrogens (tertiary/aromatic N) is 4. The maximum atomic E-state index is 14.3. The van der Waals surface area contributed by atoms with Gasteiger partial charge in [0.15, 0.2) is 11.5 Å². The number of amides is 1. The van der Waals surface area contributed by atoms with Crippen molar-refractivity contribution < 1.29 is 13.9 Å². The molecule has 0 aliphatic carbocycles. The van der Waals surface area contributed by atoms with Crippen LogP contribution in [0.15, 0.2) is 85.6 Å². The number of imidazole rings is 1. The zero-order valence-electron chi connectivity index (χ0n) is 17.9. The number of carbonyl (C=O) groups excluding carboxylic acids is 1.